The van der Waals surface area contributed by atoms with Crippen molar-refractivity contribution in [3.05, 3.63) is 112 Å². The van der Waals surface area contributed by atoms with Crippen LogP contribution in [0.2, 0.25) is 0 Å². The minimum Gasteiger partial charge on any atom is -0.423 e. The van der Waals surface area contributed by atoms with Gasteiger partial charge in [-0.25, -0.2) is 17.9 Å². The zero-order valence-corrected chi connectivity index (χ0v) is 18.8. The molecular weight excluding hydrogens is 467 g/mol. The van der Waals surface area contributed by atoms with Crippen LogP contribution in [0.3, 0.4) is 0 Å². The van der Waals surface area contributed by atoms with Gasteiger partial charge in [-0.15, -0.1) is 0 Å². The Kier molecular flexibility index (Phi) is 6.33. The Bertz CT molecular complexity index is 1480. The van der Waals surface area contributed by atoms with Crippen molar-refractivity contribution < 1.29 is 26.0 Å². The molecule has 3 aromatic carbocycles. The SMILES string of the molecule is CC(NS(=O)(=O)c1ccc(Cc2ccc3oc(=O)cc(C(F)(F)F)c3c2)cc1)c1ccccc1. The minimum atomic E-state index is -4.70. The predicted molar refractivity (Wildman–Crippen MR) is 122 cm³/mol. The molecule has 1 heterocycles. The normalized spacial score (nSPS) is 13.2. The van der Waals surface area contributed by atoms with E-state index in [-0.39, 0.29) is 22.3 Å². The van der Waals surface area contributed by atoms with E-state index in [9.17, 15) is 26.4 Å². The number of hydrogen-bond acceptors (Lipinski definition) is 4. The molecule has 0 radical (unpaired) electrons. The highest BCUT2D eigenvalue weighted by Gasteiger charge is 2.33. The second-order valence-corrected chi connectivity index (χ2v) is 9.60. The monoisotopic (exact) mass is 487 g/mol. The standard InChI is InChI=1S/C25H20F3NO4S/c1-16(19-5-3-2-4-6-19)29-34(31,32)20-10-7-17(8-11-20)13-18-9-12-23-21(14-18)22(25(26,27)28)15-24(30)33-23/h2-12,14-16,29H,13H2,1H3. The number of rotatable bonds is 6. The lowest BCUT2D eigenvalue weighted by Gasteiger charge is -2.15. The van der Waals surface area contributed by atoms with Crippen LogP contribution in [-0.2, 0) is 22.6 Å². The summed E-state index contributed by atoms with van der Waals surface area (Å²) in [6.45, 7) is 1.75. The van der Waals surface area contributed by atoms with Crippen molar-refractivity contribution in [2.75, 3.05) is 0 Å². The van der Waals surface area contributed by atoms with Gasteiger partial charge in [-0.3, -0.25) is 0 Å². The summed E-state index contributed by atoms with van der Waals surface area (Å²) >= 11 is 0. The van der Waals surface area contributed by atoms with E-state index in [1.54, 1.807) is 25.1 Å². The molecule has 4 rings (SSSR count). The van der Waals surface area contributed by atoms with E-state index in [1.165, 1.54) is 24.3 Å². The van der Waals surface area contributed by atoms with Gasteiger partial charge >= 0.3 is 11.8 Å². The zero-order chi connectivity index (χ0) is 24.5. The molecule has 0 saturated heterocycles. The highest BCUT2D eigenvalue weighted by molar-refractivity contribution is 7.89. The Morgan fingerprint density at radius 2 is 1.56 bits per heavy atom. The van der Waals surface area contributed by atoms with Crippen LogP contribution in [0, 0.1) is 0 Å². The Balaban J connectivity index is 1.56. The molecule has 9 heteroatoms. The van der Waals surface area contributed by atoms with Gasteiger partial charge < -0.3 is 4.42 Å². The Morgan fingerprint density at radius 3 is 2.21 bits per heavy atom. The minimum absolute atomic E-state index is 0.0821. The van der Waals surface area contributed by atoms with E-state index in [1.807, 2.05) is 30.3 Å². The molecule has 5 nitrogen and oxygen atoms in total. The maximum Gasteiger partial charge on any atom is 0.417 e. The fraction of sp³-hybridized carbons (Fsp3) is 0.160. The third-order valence-corrected chi connectivity index (χ3v) is 6.94. The molecule has 0 bridgehead atoms. The quantitative estimate of drug-likeness (QED) is 0.368. The van der Waals surface area contributed by atoms with Gasteiger partial charge in [-0.2, -0.15) is 13.2 Å². The fourth-order valence-electron chi connectivity index (χ4n) is 3.69. The first-order valence-electron chi connectivity index (χ1n) is 10.3. The number of nitrogens with one attached hydrogen (secondary N) is 1. The van der Waals surface area contributed by atoms with Crippen LogP contribution < -0.4 is 10.3 Å². The van der Waals surface area contributed by atoms with Crippen molar-refractivity contribution in [1.82, 2.24) is 4.72 Å². The highest BCUT2D eigenvalue weighted by atomic mass is 32.2. The summed E-state index contributed by atoms with van der Waals surface area (Å²) in [7, 11) is -3.77. The first-order valence-corrected chi connectivity index (χ1v) is 11.8. The van der Waals surface area contributed by atoms with Crippen molar-refractivity contribution in [2.24, 2.45) is 0 Å². The van der Waals surface area contributed by atoms with Gasteiger partial charge in [-0.1, -0.05) is 48.5 Å². The van der Waals surface area contributed by atoms with Gasteiger partial charge in [0.25, 0.3) is 0 Å². The van der Waals surface area contributed by atoms with Crippen LogP contribution in [-0.4, -0.2) is 8.42 Å². The summed E-state index contributed by atoms with van der Waals surface area (Å²) < 4.78 is 73.1. The third kappa shape index (κ3) is 5.21. The van der Waals surface area contributed by atoms with E-state index in [0.29, 0.717) is 17.2 Å². The van der Waals surface area contributed by atoms with Crippen LogP contribution in [0.5, 0.6) is 0 Å². The first-order chi connectivity index (χ1) is 16.0. The molecule has 0 aliphatic rings. The van der Waals surface area contributed by atoms with E-state index in [4.69, 9.17) is 4.42 Å². The summed E-state index contributed by atoms with van der Waals surface area (Å²) in [6.07, 6.45) is -4.44. The molecule has 4 aromatic rings. The smallest absolute Gasteiger partial charge is 0.417 e. The molecule has 1 atom stereocenters. The average Bonchev–Trinajstić information content (AvgIpc) is 2.79. The van der Waals surface area contributed by atoms with Crippen LogP contribution in [0.25, 0.3) is 11.0 Å². The van der Waals surface area contributed by atoms with Crippen molar-refractivity contribution in [3.8, 4) is 0 Å². The molecule has 1 aromatic heterocycles. The van der Waals surface area contributed by atoms with Crippen LogP contribution >= 0.6 is 0 Å². The highest BCUT2D eigenvalue weighted by Crippen LogP contribution is 2.34. The number of benzene rings is 3. The molecule has 0 fully saturated rings. The van der Waals surface area contributed by atoms with E-state index < -0.39 is 33.4 Å². The molecule has 34 heavy (non-hydrogen) atoms. The van der Waals surface area contributed by atoms with Gasteiger partial charge in [0.05, 0.1) is 10.5 Å². The number of hydrogen-bond donors (Lipinski definition) is 1. The summed E-state index contributed by atoms with van der Waals surface area (Å²) in [4.78, 5) is 11.5. The van der Waals surface area contributed by atoms with Crippen LogP contribution in [0.1, 0.15) is 35.2 Å². The summed E-state index contributed by atoms with van der Waals surface area (Å²) in [6, 6.07) is 19.5. The summed E-state index contributed by atoms with van der Waals surface area (Å²) in [5.74, 6) is 0. The lowest BCUT2D eigenvalue weighted by Crippen LogP contribution is -2.26. The topological polar surface area (TPSA) is 76.4 Å². The average molecular weight is 487 g/mol. The molecule has 176 valence electrons. The van der Waals surface area contributed by atoms with Gasteiger partial charge in [0.2, 0.25) is 10.0 Å². The molecule has 0 spiro atoms. The van der Waals surface area contributed by atoms with Crippen molar-refractivity contribution in [3.63, 3.8) is 0 Å². The molecule has 0 aliphatic heterocycles. The van der Waals surface area contributed by atoms with E-state index >= 15 is 0 Å². The van der Waals surface area contributed by atoms with Gasteiger partial charge in [-0.05, 0) is 54.3 Å². The zero-order valence-electron chi connectivity index (χ0n) is 18.0. The summed E-state index contributed by atoms with van der Waals surface area (Å²) in [5, 5.41) is -0.206. The van der Waals surface area contributed by atoms with Gasteiger partial charge in [0.15, 0.2) is 0 Å². The molecule has 0 aliphatic carbocycles. The maximum atomic E-state index is 13.4. The maximum absolute atomic E-state index is 13.4. The second-order valence-electron chi connectivity index (χ2n) is 7.88. The molecule has 0 amide bonds. The lowest BCUT2D eigenvalue weighted by atomic mass is 10.0. The Labute approximate surface area is 193 Å². The van der Waals surface area contributed by atoms with Crippen LogP contribution in [0.4, 0.5) is 13.2 Å². The van der Waals surface area contributed by atoms with Crippen molar-refractivity contribution >= 4 is 21.0 Å². The predicted octanol–water partition coefficient (Wildman–Crippen LogP) is 5.44. The molecule has 0 saturated carbocycles. The third-order valence-electron chi connectivity index (χ3n) is 5.39. The number of alkyl halides is 3. The Hall–Kier alpha value is -3.43. The molecular formula is C25H20F3NO4S. The lowest BCUT2D eigenvalue weighted by molar-refractivity contribution is -0.136. The fourth-order valence-corrected chi connectivity index (χ4v) is 4.92. The van der Waals surface area contributed by atoms with Gasteiger partial charge in [0, 0.05) is 17.5 Å². The summed E-state index contributed by atoms with van der Waals surface area (Å²) in [5.41, 5.74) is -0.185. The number of halogens is 3. The van der Waals surface area contributed by atoms with Crippen molar-refractivity contribution in [1.29, 1.82) is 0 Å². The van der Waals surface area contributed by atoms with Crippen LogP contribution in [0.15, 0.2) is 93.0 Å². The second kappa shape index (κ2) is 9.08. The largest absolute Gasteiger partial charge is 0.423 e. The number of fused-ring (bicyclic) bond motifs is 1. The molecule has 1 unspecified atom stereocenters. The molecule has 1 N–H and O–H groups in total. The van der Waals surface area contributed by atoms with Crippen molar-refractivity contribution in [2.45, 2.75) is 30.5 Å². The Morgan fingerprint density at radius 1 is 0.912 bits per heavy atom. The van der Waals surface area contributed by atoms with Gasteiger partial charge in [0.1, 0.15) is 5.58 Å². The van der Waals surface area contributed by atoms with E-state index in [2.05, 4.69) is 4.72 Å². The first kappa shape index (κ1) is 23.7. The number of sulfonamides is 1. The van der Waals surface area contributed by atoms with E-state index in [0.717, 1.165) is 5.56 Å².